The van der Waals surface area contributed by atoms with E-state index in [1.54, 1.807) is 6.07 Å². The van der Waals surface area contributed by atoms with Gasteiger partial charge in [-0.3, -0.25) is 20.2 Å². The molecule has 0 unspecified atom stereocenters. The van der Waals surface area contributed by atoms with Gasteiger partial charge in [-0.15, -0.1) is 0 Å². The van der Waals surface area contributed by atoms with E-state index in [9.17, 15) is 14.9 Å². The molecule has 2 aromatic rings. The number of morpholine rings is 1. The molecular formula is C22H26N4O4S. The molecule has 1 aliphatic heterocycles. The first-order valence-electron chi connectivity index (χ1n) is 10.2. The van der Waals surface area contributed by atoms with Crippen LogP contribution in [0.5, 0.6) is 0 Å². The van der Waals surface area contributed by atoms with Gasteiger partial charge in [-0.1, -0.05) is 32.0 Å². The number of non-ortho nitro benzene ring substituents is 1. The summed E-state index contributed by atoms with van der Waals surface area (Å²) in [5.41, 5.74) is 2.60. The fraction of sp³-hybridized carbons (Fsp3) is 0.364. The SMILES string of the molecule is CC[C@H](C)c1ccccc1NC(=S)NC(=O)c1cc([N+](=O)[O-])ccc1N1CCOCC1. The summed E-state index contributed by atoms with van der Waals surface area (Å²) >= 11 is 5.37. The molecule has 2 aromatic carbocycles. The van der Waals surface area contributed by atoms with Crippen LogP contribution in [0.15, 0.2) is 42.5 Å². The molecule has 8 nitrogen and oxygen atoms in total. The molecule has 1 atom stereocenters. The van der Waals surface area contributed by atoms with Gasteiger partial charge < -0.3 is 15.0 Å². The van der Waals surface area contributed by atoms with Crippen LogP contribution < -0.4 is 15.5 Å². The zero-order chi connectivity index (χ0) is 22.4. The van der Waals surface area contributed by atoms with Crippen molar-refractivity contribution in [2.75, 3.05) is 36.5 Å². The molecule has 164 valence electrons. The predicted molar refractivity (Wildman–Crippen MR) is 125 cm³/mol. The molecule has 0 radical (unpaired) electrons. The minimum absolute atomic E-state index is 0.139. The highest BCUT2D eigenvalue weighted by molar-refractivity contribution is 7.80. The number of amides is 1. The molecule has 0 aromatic heterocycles. The first-order chi connectivity index (χ1) is 14.9. The second-order valence-corrected chi connectivity index (χ2v) is 7.77. The Labute approximate surface area is 186 Å². The van der Waals surface area contributed by atoms with Crippen LogP contribution in [0.4, 0.5) is 17.1 Å². The van der Waals surface area contributed by atoms with Crippen LogP contribution >= 0.6 is 12.2 Å². The van der Waals surface area contributed by atoms with Crippen molar-refractivity contribution in [3.63, 3.8) is 0 Å². The van der Waals surface area contributed by atoms with Gasteiger partial charge in [0.15, 0.2) is 5.11 Å². The highest BCUT2D eigenvalue weighted by atomic mass is 32.1. The molecule has 2 N–H and O–H groups in total. The fourth-order valence-electron chi connectivity index (χ4n) is 3.48. The van der Waals surface area contributed by atoms with E-state index < -0.39 is 10.8 Å². The molecule has 31 heavy (non-hydrogen) atoms. The van der Waals surface area contributed by atoms with E-state index >= 15 is 0 Å². The summed E-state index contributed by atoms with van der Waals surface area (Å²) in [5, 5.41) is 17.2. The lowest BCUT2D eigenvalue weighted by molar-refractivity contribution is -0.384. The van der Waals surface area contributed by atoms with Gasteiger partial charge >= 0.3 is 0 Å². The van der Waals surface area contributed by atoms with Gasteiger partial charge in [-0.25, -0.2) is 0 Å². The van der Waals surface area contributed by atoms with Crippen LogP contribution in [0.2, 0.25) is 0 Å². The molecule has 0 spiro atoms. The third-order valence-electron chi connectivity index (χ3n) is 5.37. The van der Waals surface area contributed by atoms with Gasteiger partial charge in [-0.05, 0) is 42.3 Å². The second-order valence-electron chi connectivity index (χ2n) is 7.36. The molecule has 3 rings (SSSR count). The van der Waals surface area contributed by atoms with Gasteiger partial charge in [0.2, 0.25) is 0 Å². The zero-order valence-electron chi connectivity index (χ0n) is 17.6. The molecule has 0 saturated carbocycles. The van der Waals surface area contributed by atoms with E-state index in [0.29, 0.717) is 37.9 Å². The van der Waals surface area contributed by atoms with Gasteiger partial charge in [0.1, 0.15) is 0 Å². The van der Waals surface area contributed by atoms with Crippen molar-refractivity contribution in [2.45, 2.75) is 26.2 Å². The lowest BCUT2D eigenvalue weighted by Crippen LogP contribution is -2.39. The topological polar surface area (TPSA) is 96.7 Å². The second kappa shape index (κ2) is 10.3. The molecule has 0 bridgehead atoms. The number of carbonyl (C=O) groups excluding carboxylic acids is 1. The van der Waals surface area contributed by atoms with E-state index in [2.05, 4.69) is 24.5 Å². The van der Waals surface area contributed by atoms with Crippen molar-refractivity contribution in [3.8, 4) is 0 Å². The Morgan fingerprint density at radius 2 is 1.97 bits per heavy atom. The number of hydrogen-bond acceptors (Lipinski definition) is 6. The fourth-order valence-corrected chi connectivity index (χ4v) is 3.69. The van der Waals surface area contributed by atoms with Crippen LogP contribution in [0, 0.1) is 10.1 Å². The monoisotopic (exact) mass is 442 g/mol. The highest BCUT2D eigenvalue weighted by Crippen LogP contribution is 2.28. The number of anilines is 2. The maximum absolute atomic E-state index is 13.0. The molecule has 1 amide bonds. The molecule has 1 saturated heterocycles. The number of ether oxygens (including phenoxy) is 1. The first-order valence-corrected chi connectivity index (χ1v) is 10.6. The number of para-hydroxylation sites is 1. The zero-order valence-corrected chi connectivity index (χ0v) is 18.4. The third-order valence-corrected chi connectivity index (χ3v) is 5.57. The minimum atomic E-state index is -0.515. The largest absolute Gasteiger partial charge is 0.378 e. The molecule has 1 heterocycles. The summed E-state index contributed by atoms with van der Waals surface area (Å²) in [6.45, 7) is 6.50. The van der Waals surface area contributed by atoms with Crippen LogP contribution in [0.3, 0.4) is 0 Å². The average molecular weight is 443 g/mol. The summed E-state index contributed by atoms with van der Waals surface area (Å²) in [6, 6.07) is 12.1. The molecular weight excluding hydrogens is 416 g/mol. The Hall–Kier alpha value is -3.04. The maximum Gasteiger partial charge on any atom is 0.270 e. The standard InChI is InChI=1S/C22H26N4O4S/c1-3-15(2)17-6-4-5-7-19(17)23-22(31)24-21(27)18-14-16(26(28)29)8-9-20(18)25-10-12-30-13-11-25/h4-9,14-15H,3,10-13H2,1-2H3,(H2,23,24,27,31)/t15-/m0/s1. The number of nitrogens with one attached hydrogen (secondary N) is 2. The molecule has 1 aliphatic rings. The van der Waals surface area contributed by atoms with Crippen molar-refractivity contribution in [1.29, 1.82) is 0 Å². The van der Waals surface area contributed by atoms with Crippen molar-refractivity contribution in [2.24, 2.45) is 0 Å². The van der Waals surface area contributed by atoms with E-state index in [1.165, 1.54) is 12.1 Å². The normalized spacial score (nSPS) is 14.6. The number of nitrogens with zero attached hydrogens (tertiary/aromatic N) is 2. The van der Waals surface area contributed by atoms with Crippen molar-refractivity contribution < 1.29 is 14.5 Å². The number of rotatable bonds is 6. The van der Waals surface area contributed by atoms with E-state index in [-0.39, 0.29) is 16.4 Å². The van der Waals surface area contributed by atoms with E-state index in [4.69, 9.17) is 17.0 Å². The van der Waals surface area contributed by atoms with E-state index in [0.717, 1.165) is 17.7 Å². The summed E-state index contributed by atoms with van der Waals surface area (Å²) in [4.78, 5) is 25.8. The van der Waals surface area contributed by atoms with Gasteiger partial charge in [0.25, 0.3) is 11.6 Å². The third kappa shape index (κ3) is 5.56. The van der Waals surface area contributed by atoms with Gasteiger partial charge in [0.05, 0.1) is 29.4 Å². The molecule has 9 heteroatoms. The van der Waals surface area contributed by atoms with Crippen LogP contribution in [0.1, 0.15) is 42.1 Å². The Balaban J connectivity index is 1.81. The smallest absolute Gasteiger partial charge is 0.270 e. The number of carbonyl (C=O) groups is 1. The predicted octanol–water partition coefficient (Wildman–Crippen LogP) is 4.07. The van der Waals surface area contributed by atoms with Gasteiger partial charge in [-0.2, -0.15) is 0 Å². The highest BCUT2D eigenvalue weighted by Gasteiger charge is 2.23. The van der Waals surface area contributed by atoms with Crippen molar-refractivity contribution >= 4 is 40.3 Å². The Morgan fingerprint density at radius 1 is 1.26 bits per heavy atom. The average Bonchev–Trinajstić information content (AvgIpc) is 2.79. The summed E-state index contributed by atoms with van der Waals surface area (Å²) < 4.78 is 5.37. The quantitative estimate of drug-likeness (QED) is 0.395. The summed E-state index contributed by atoms with van der Waals surface area (Å²) in [6.07, 6.45) is 0.967. The lowest BCUT2D eigenvalue weighted by atomic mass is 9.97. The van der Waals surface area contributed by atoms with Crippen molar-refractivity contribution in [3.05, 3.63) is 63.7 Å². The van der Waals surface area contributed by atoms with Crippen LogP contribution in [0.25, 0.3) is 0 Å². The first kappa shape index (κ1) is 22.6. The summed E-state index contributed by atoms with van der Waals surface area (Å²) in [7, 11) is 0. The Bertz CT molecular complexity index is 976. The number of benzene rings is 2. The lowest BCUT2D eigenvalue weighted by Gasteiger charge is -2.30. The number of thiocarbonyl (C=S) groups is 1. The van der Waals surface area contributed by atoms with Gasteiger partial charge in [0, 0.05) is 30.9 Å². The van der Waals surface area contributed by atoms with E-state index in [1.807, 2.05) is 29.2 Å². The molecule has 1 fully saturated rings. The Kier molecular flexibility index (Phi) is 7.54. The Morgan fingerprint density at radius 3 is 2.65 bits per heavy atom. The molecule has 0 aliphatic carbocycles. The van der Waals surface area contributed by atoms with Crippen molar-refractivity contribution in [1.82, 2.24) is 5.32 Å². The number of nitro groups is 1. The number of hydrogen-bond donors (Lipinski definition) is 2. The number of nitro benzene ring substituents is 1. The maximum atomic E-state index is 13.0. The van der Waals surface area contributed by atoms with Crippen LogP contribution in [-0.4, -0.2) is 42.2 Å². The van der Waals surface area contributed by atoms with Crippen LogP contribution in [-0.2, 0) is 4.74 Å². The summed E-state index contributed by atoms with van der Waals surface area (Å²) in [5.74, 6) is -0.171. The minimum Gasteiger partial charge on any atom is -0.378 e.